The van der Waals surface area contributed by atoms with Gasteiger partial charge < -0.3 is 16.0 Å². The molecule has 0 aromatic carbocycles. The van der Waals surface area contributed by atoms with Crippen molar-refractivity contribution < 1.29 is 4.79 Å². The van der Waals surface area contributed by atoms with Gasteiger partial charge in [0.25, 0.3) is 0 Å². The lowest BCUT2D eigenvalue weighted by atomic mass is 10.3. The van der Waals surface area contributed by atoms with Crippen molar-refractivity contribution in [3.05, 3.63) is 11.8 Å². The van der Waals surface area contributed by atoms with Crippen LogP contribution in [0.5, 0.6) is 0 Å². The Morgan fingerprint density at radius 1 is 1.44 bits per heavy atom. The lowest BCUT2D eigenvalue weighted by molar-refractivity contribution is -0.121. The van der Waals surface area contributed by atoms with Crippen molar-refractivity contribution in [2.45, 2.75) is 33.2 Å². The molecule has 3 N–H and O–H groups in total. The maximum absolute atomic E-state index is 11.5. The molecular formula is C12H21N5O. The summed E-state index contributed by atoms with van der Waals surface area (Å²) in [4.78, 5) is 19.8. The van der Waals surface area contributed by atoms with E-state index in [-0.39, 0.29) is 11.9 Å². The highest BCUT2D eigenvalue weighted by atomic mass is 16.1. The summed E-state index contributed by atoms with van der Waals surface area (Å²) in [5.41, 5.74) is 0.957. The monoisotopic (exact) mass is 251 g/mol. The second kappa shape index (κ2) is 6.78. The molecule has 1 heterocycles. The Morgan fingerprint density at radius 3 is 2.78 bits per heavy atom. The van der Waals surface area contributed by atoms with E-state index < -0.39 is 0 Å². The fourth-order valence-electron chi connectivity index (χ4n) is 1.43. The van der Waals surface area contributed by atoms with Gasteiger partial charge in [0.05, 0.1) is 0 Å². The fraction of sp³-hybridized carbons (Fsp3) is 0.583. The van der Waals surface area contributed by atoms with E-state index in [4.69, 9.17) is 0 Å². The van der Waals surface area contributed by atoms with Crippen molar-refractivity contribution in [1.82, 2.24) is 15.3 Å². The molecule has 1 aromatic rings. The molecule has 0 aliphatic carbocycles. The van der Waals surface area contributed by atoms with Crippen LogP contribution in [0.1, 0.15) is 25.8 Å². The summed E-state index contributed by atoms with van der Waals surface area (Å²) in [7, 11) is 1.77. The summed E-state index contributed by atoms with van der Waals surface area (Å²) in [5.74, 6) is 1.36. The third-order valence-corrected chi connectivity index (χ3v) is 2.29. The van der Waals surface area contributed by atoms with Gasteiger partial charge in [0.2, 0.25) is 11.9 Å². The first-order valence-electron chi connectivity index (χ1n) is 6.07. The van der Waals surface area contributed by atoms with Gasteiger partial charge in [-0.05, 0) is 20.8 Å². The van der Waals surface area contributed by atoms with Crippen molar-refractivity contribution in [1.29, 1.82) is 0 Å². The Hall–Kier alpha value is -1.85. The second-order valence-corrected chi connectivity index (χ2v) is 4.37. The molecule has 0 saturated carbocycles. The summed E-state index contributed by atoms with van der Waals surface area (Å²) >= 11 is 0. The highest BCUT2D eigenvalue weighted by Gasteiger charge is 2.05. The average Bonchev–Trinajstić information content (AvgIpc) is 2.30. The van der Waals surface area contributed by atoms with Crippen LogP contribution in [0, 0.1) is 6.92 Å². The van der Waals surface area contributed by atoms with Crippen molar-refractivity contribution in [3.63, 3.8) is 0 Å². The molecule has 0 aliphatic rings. The molecule has 1 amide bonds. The smallest absolute Gasteiger partial charge is 0.224 e. The quantitative estimate of drug-likeness (QED) is 0.707. The summed E-state index contributed by atoms with van der Waals surface area (Å²) in [6.45, 7) is 6.37. The van der Waals surface area contributed by atoms with E-state index in [1.165, 1.54) is 0 Å². The van der Waals surface area contributed by atoms with Crippen LogP contribution in [0.4, 0.5) is 11.8 Å². The minimum Gasteiger partial charge on any atom is -0.369 e. The van der Waals surface area contributed by atoms with Gasteiger partial charge in [-0.25, -0.2) is 4.98 Å². The zero-order valence-corrected chi connectivity index (χ0v) is 11.4. The molecule has 6 heteroatoms. The topological polar surface area (TPSA) is 78.9 Å². The standard InChI is InChI=1S/C12H21N5O/c1-8(2)16-10(18)5-6-14-11-9(3)7-15-12(13-4)17-11/h7-8H,5-6H2,1-4H3,(H,16,18)(H2,13,14,15,17). The molecule has 0 bridgehead atoms. The molecule has 0 atom stereocenters. The molecule has 0 radical (unpaired) electrons. The predicted molar refractivity (Wildman–Crippen MR) is 72.7 cm³/mol. The molecule has 18 heavy (non-hydrogen) atoms. The van der Waals surface area contributed by atoms with Crippen LogP contribution in [0.15, 0.2) is 6.20 Å². The third kappa shape index (κ3) is 4.57. The SMILES string of the molecule is CNc1ncc(C)c(NCCC(=O)NC(C)C)n1. The maximum atomic E-state index is 11.5. The van der Waals surface area contributed by atoms with Gasteiger partial charge in [-0.15, -0.1) is 0 Å². The number of aryl methyl sites for hydroxylation is 1. The minimum atomic E-state index is 0.0399. The van der Waals surface area contributed by atoms with Crippen LogP contribution < -0.4 is 16.0 Å². The van der Waals surface area contributed by atoms with Crippen LogP contribution in [0.2, 0.25) is 0 Å². The number of rotatable bonds is 6. The van der Waals surface area contributed by atoms with Crippen LogP contribution in [0.25, 0.3) is 0 Å². The number of hydrogen-bond acceptors (Lipinski definition) is 5. The molecule has 0 fully saturated rings. The molecule has 0 unspecified atom stereocenters. The number of aromatic nitrogens is 2. The molecule has 0 aliphatic heterocycles. The van der Waals surface area contributed by atoms with Crippen molar-refractivity contribution in [2.75, 3.05) is 24.2 Å². The lowest BCUT2D eigenvalue weighted by Crippen LogP contribution is -2.31. The van der Waals surface area contributed by atoms with Gasteiger partial charge in [-0.1, -0.05) is 0 Å². The Kier molecular flexibility index (Phi) is 5.35. The second-order valence-electron chi connectivity index (χ2n) is 4.37. The summed E-state index contributed by atoms with van der Waals surface area (Å²) in [6.07, 6.45) is 2.17. The van der Waals surface area contributed by atoms with E-state index in [0.717, 1.165) is 11.4 Å². The Balaban J connectivity index is 2.46. The molecule has 6 nitrogen and oxygen atoms in total. The number of carbonyl (C=O) groups excluding carboxylic acids is 1. The van der Waals surface area contributed by atoms with Crippen molar-refractivity contribution >= 4 is 17.7 Å². The number of hydrogen-bond donors (Lipinski definition) is 3. The van der Waals surface area contributed by atoms with Gasteiger partial charge in [0.15, 0.2) is 0 Å². The van der Waals surface area contributed by atoms with Gasteiger partial charge in [-0.2, -0.15) is 4.98 Å². The zero-order valence-electron chi connectivity index (χ0n) is 11.4. The Bertz CT molecular complexity index is 405. The highest BCUT2D eigenvalue weighted by Crippen LogP contribution is 2.11. The largest absolute Gasteiger partial charge is 0.369 e. The minimum absolute atomic E-state index is 0.0399. The molecule has 100 valence electrons. The van der Waals surface area contributed by atoms with Crippen LogP contribution >= 0.6 is 0 Å². The van der Waals surface area contributed by atoms with E-state index >= 15 is 0 Å². The molecule has 0 spiro atoms. The Labute approximate surface area is 108 Å². The average molecular weight is 251 g/mol. The third-order valence-electron chi connectivity index (χ3n) is 2.29. The van der Waals surface area contributed by atoms with Gasteiger partial charge in [0, 0.05) is 37.8 Å². The first-order valence-corrected chi connectivity index (χ1v) is 6.07. The predicted octanol–water partition coefficient (Wildman–Crippen LogP) is 1.15. The number of nitrogens with zero attached hydrogens (tertiary/aromatic N) is 2. The summed E-state index contributed by atoms with van der Waals surface area (Å²) < 4.78 is 0. The number of nitrogens with one attached hydrogen (secondary N) is 3. The van der Waals surface area contributed by atoms with Crippen molar-refractivity contribution in [3.8, 4) is 0 Å². The van der Waals surface area contributed by atoms with Crippen LogP contribution in [0.3, 0.4) is 0 Å². The van der Waals surface area contributed by atoms with Crippen LogP contribution in [-0.4, -0.2) is 35.5 Å². The zero-order chi connectivity index (χ0) is 13.5. The summed E-state index contributed by atoms with van der Waals surface area (Å²) in [6, 6.07) is 0.175. The summed E-state index contributed by atoms with van der Waals surface area (Å²) in [5, 5.41) is 8.86. The van der Waals surface area contributed by atoms with E-state index in [1.807, 2.05) is 20.8 Å². The number of anilines is 2. The van der Waals surface area contributed by atoms with Gasteiger partial charge >= 0.3 is 0 Å². The number of amides is 1. The van der Waals surface area contributed by atoms with E-state index in [2.05, 4.69) is 25.9 Å². The number of carbonyl (C=O) groups is 1. The van der Waals surface area contributed by atoms with Crippen LogP contribution in [-0.2, 0) is 4.79 Å². The van der Waals surface area contributed by atoms with E-state index in [9.17, 15) is 4.79 Å². The molecule has 1 rings (SSSR count). The first-order chi connectivity index (χ1) is 8.52. The molecular weight excluding hydrogens is 230 g/mol. The fourth-order valence-corrected chi connectivity index (χ4v) is 1.43. The highest BCUT2D eigenvalue weighted by molar-refractivity contribution is 5.76. The van der Waals surface area contributed by atoms with Crippen molar-refractivity contribution in [2.24, 2.45) is 0 Å². The molecule has 1 aromatic heterocycles. The first kappa shape index (κ1) is 14.2. The Morgan fingerprint density at radius 2 is 2.17 bits per heavy atom. The van der Waals surface area contributed by atoms with Gasteiger partial charge in [0.1, 0.15) is 5.82 Å². The van der Waals surface area contributed by atoms with Gasteiger partial charge in [-0.3, -0.25) is 4.79 Å². The van der Waals surface area contributed by atoms with E-state index in [0.29, 0.717) is 18.9 Å². The normalized spacial score (nSPS) is 10.3. The van der Waals surface area contributed by atoms with E-state index in [1.54, 1.807) is 13.2 Å². The maximum Gasteiger partial charge on any atom is 0.224 e. The molecule has 0 saturated heterocycles. The lowest BCUT2D eigenvalue weighted by Gasteiger charge is -2.11.